The fraction of sp³-hybridized carbons (Fsp3) is 0.250. The minimum atomic E-state index is -4.27. The molecule has 0 unspecified atom stereocenters. The monoisotopic (exact) mass is 522 g/mol. The van der Waals surface area contributed by atoms with Gasteiger partial charge in [0.15, 0.2) is 7.14 Å². The summed E-state index contributed by atoms with van der Waals surface area (Å²) in [6.45, 7) is 8.50. The van der Waals surface area contributed by atoms with Gasteiger partial charge in [-0.1, -0.05) is 61.4 Å². The summed E-state index contributed by atoms with van der Waals surface area (Å²) in [4.78, 5) is -0.178. The summed E-state index contributed by atoms with van der Waals surface area (Å²) in [5, 5.41) is 0. The molecule has 0 saturated heterocycles. The van der Waals surface area contributed by atoms with Gasteiger partial charge in [0.1, 0.15) is 10.1 Å². The van der Waals surface area contributed by atoms with Crippen LogP contribution in [0.3, 0.4) is 0 Å². The van der Waals surface area contributed by atoms with Crippen LogP contribution in [-0.4, -0.2) is 13.0 Å². The van der Waals surface area contributed by atoms with Crippen LogP contribution >= 0.6 is 0 Å². The van der Waals surface area contributed by atoms with Crippen LogP contribution in [0, 0.1) is 26.9 Å². The average molecular weight is 522 g/mol. The number of rotatable bonds is 5. The number of hydrogen-bond donors (Lipinski definition) is 0. The Morgan fingerprint density at radius 3 is 1.59 bits per heavy atom. The molecule has 3 aromatic carbocycles. The van der Waals surface area contributed by atoms with Crippen LogP contribution < -0.4 is 21.2 Å². The van der Waals surface area contributed by atoms with E-state index in [0.29, 0.717) is 0 Å². The van der Waals surface area contributed by atoms with Crippen molar-refractivity contribution in [2.45, 2.75) is 39.0 Å². The molecule has 3 rings (SSSR count). The molecule has 0 N–H and O–H groups in total. The van der Waals surface area contributed by atoms with Gasteiger partial charge >= 0.3 is 21.2 Å². The molecule has 0 aliphatic heterocycles. The molecule has 0 radical (unpaired) electrons. The topological polar surface area (TPSA) is 57.2 Å². The van der Waals surface area contributed by atoms with Gasteiger partial charge in [-0.2, -0.15) is 0 Å². The predicted molar refractivity (Wildman–Crippen MR) is 113 cm³/mol. The standard InChI is InChI=1S/C17H20I.C7H8O3S/c1-13(2)12-15-6-10-17(11-7-15)18-16-8-4-14(3)5-9-16;1-6-2-4-7(5-3-6)11(8,9)10/h4-11,13H,12H2,1-3H3;2-5H,1H3,(H,8,9,10)/q+1;/p-1. The molecule has 0 aliphatic rings. The van der Waals surface area contributed by atoms with Gasteiger partial charge in [-0.25, -0.2) is 8.42 Å². The Morgan fingerprint density at radius 1 is 0.759 bits per heavy atom. The van der Waals surface area contributed by atoms with Gasteiger partial charge in [-0.15, -0.1) is 0 Å². The highest BCUT2D eigenvalue weighted by Crippen LogP contribution is 2.08. The molecule has 0 bridgehead atoms. The molecule has 29 heavy (non-hydrogen) atoms. The molecule has 0 spiro atoms. The fourth-order valence-corrected chi connectivity index (χ4v) is 5.21. The van der Waals surface area contributed by atoms with Crippen molar-refractivity contribution in [2.24, 2.45) is 5.92 Å². The highest BCUT2D eigenvalue weighted by atomic mass is 127. The summed E-state index contributed by atoms with van der Waals surface area (Å²) in [7, 11) is -4.27. The maximum Gasteiger partial charge on any atom is 0.357 e. The summed E-state index contributed by atoms with van der Waals surface area (Å²) in [5.74, 6) is 0.739. The first-order chi connectivity index (χ1) is 13.6. The molecule has 0 amide bonds. The summed E-state index contributed by atoms with van der Waals surface area (Å²) < 4.78 is 34.2. The van der Waals surface area contributed by atoms with Crippen molar-refractivity contribution in [1.82, 2.24) is 0 Å². The third kappa shape index (κ3) is 8.68. The third-order valence-electron chi connectivity index (χ3n) is 4.10. The highest BCUT2D eigenvalue weighted by Gasteiger charge is 2.14. The Bertz CT molecular complexity index is 992. The van der Waals surface area contributed by atoms with Gasteiger partial charge in [0.25, 0.3) is 0 Å². The number of benzene rings is 3. The van der Waals surface area contributed by atoms with E-state index in [9.17, 15) is 13.0 Å². The van der Waals surface area contributed by atoms with Crippen molar-refractivity contribution in [3.05, 3.63) is 96.6 Å². The van der Waals surface area contributed by atoms with E-state index in [-0.39, 0.29) is 26.1 Å². The molecule has 3 aromatic rings. The van der Waals surface area contributed by atoms with E-state index in [1.807, 2.05) is 6.92 Å². The molecular formula is C24H27IO3S. The maximum absolute atomic E-state index is 10.4. The molecule has 154 valence electrons. The third-order valence-corrected chi connectivity index (χ3v) is 7.63. The molecule has 0 fully saturated rings. The van der Waals surface area contributed by atoms with Gasteiger partial charge in [-0.3, -0.25) is 0 Å². The number of aryl methyl sites for hydroxylation is 2. The Balaban J connectivity index is 0.000000234. The molecule has 3 nitrogen and oxygen atoms in total. The fourth-order valence-electron chi connectivity index (χ4n) is 2.58. The van der Waals surface area contributed by atoms with Gasteiger partial charge in [0, 0.05) is 0 Å². The van der Waals surface area contributed by atoms with Crippen molar-refractivity contribution in [3.63, 3.8) is 0 Å². The summed E-state index contributed by atoms with van der Waals surface area (Å²) in [5.41, 5.74) is 3.73. The normalized spacial score (nSPS) is 11.1. The summed E-state index contributed by atoms with van der Waals surface area (Å²) in [6, 6.07) is 24.0. The van der Waals surface area contributed by atoms with E-state index in [2.05, 4.69) is 69.3 Å². The van der Waals surface area contributed by atoms with Gasteiger partial charge in [-0.05, 0) is 68.1 Å². The van der Waals surface area contributed by atoms with Crippen molar-refractivity contribution in [3.8, 4) is 0 Å². The van der Waals surface area contributed by atoms with Gasteiger partial charge < -0.3 is 4.55 Å². The van der Waals surface area contributed by atoms with Crippen LogP contribution in [0.1, 0.15) is 30.5 Å². The van der Waals surface area contributed by atoms with Crippen molar-refractivity contribution in [1.29, 1.82) is 0 Å². The van der Waals surface area contributed by atoms with Gasteiger partial charge in [0.2, 0.25) is 0 Å². The van der Waals surface area contributed by atoms with E-state index in [4.69, 9.17) is 0 Å². The first-order valence-electron chi connectivity index (χ1n) is 9.46. The summed E-state index contributed by atoms with van der Waals surface area (Å²) in [6.07, 6.45) is 1.18. The van der Waals surface area contributed by atoms with E-state index in [1.165, 1.54) is 36.8 Å². The van der Waals surface area contributed by atoms with Crippen LogP contribution in [0.2, 0.25) is 0 Å². The minimum absolute atomic E-state index is 0.0179. The number of hydrogen-bond acceptors (Lipinski definition) is 3. The predicted octanol–water partition coefficient (Wildman–Crippen LogP) is 2.22. The lowest BCUT2D eigenvalue weighted by Gasteiger charge is -2.05. The molecule has 0 aliphatic carbocycles. The Morgan fingerprint density at radius 2 is 1.17 bits per heavy atom. The molecule has 0 atom stereocenters. The zero-order chi connectivity index (χ0) is 21.4. The quantitative estimate of drug-likeness (QED) is 0.382. The molecule has 0 saturated carbocycles. The lowest BCUT2D eigenvalue weighted by Crippen LogP contribution is -3.61. The van der Waals surface area contributed by atoms with E-state index >= 15 is 0 Å². The smallest absolute Gasteiger partial charge is 0.357 e. The van der Waals surface area contributed by atoms with E-state index in [1.54, 1.807) is 12.1 Å². The first kappa shape index (κ1) is 23.6. The van der Waals surface area contributed by atoms with Crippen molar-refractivity contribution in [2.75, 3.05) is 0 Å². The zero-order valence-electron chi connectivity index (χ0n) is 17.2. The van der Waals surface area contributed by atoms with E-state index < -0.39 is 10.1 Å². The number of halogens is 1. The van der Waals surface area contributed by atoms with E-state index in [0.717, 1.165) is 11.5 Å². The zero-order valence-corrected chi connectivity index (χ0v) is 20.2. The second-order valence-corrected chi connectivity index (χ2v) is 11.8. The lowest BCUT2D eigenvalue weighted by atomic mass is 10.0. The largest absolute Gasteiger partial charge is 0.744 e. The van der Waals surface area contributed by atoms with Crippen LogP contribution in [-0.2, 0) is 16.5 Å². The summed E-state index contributed by atoms with van der Waals surface area (Å²) >= 11 is -0.0179. The second kappa shape index (κ2) is 10.9. The van der Waals surface area contributed by atoms with Crippen molar-refractivity contribution < 1.29 is 34.2 Å². The first-order valence-corrected chi connectivity index (χ1v) is 13.0. The molecule has 0 heterocycles. The van der Waals surface area contributed by atoms with Gasteiger partial charge in [0.05, 0.1) is 4.90 Å². The van der Waals surface area contributed by atoms with Crippen LogP contribution in [0.5, 0.6) is 0 Å². The Labute approximate surface area is 185 Å². The second-order valence-electron chi connectivity index (χ2n) is 7.38. The highest BCUT2D eigenvalue weighted by molar-refractivity contribution is 7.85. The van der Waals surface area contributed by atoms with Crippen LogP contribution in [0.25, 0.3) is 0 Å². The molecule has 5 heteroatoms. The Hall–Kier alpha value is -1.70. The average Bonchev–Trinajstić information content (AvgIpc) is 2.65. The Kier molecular flexibility index (Phi) is 8.86. The SMILES string of the molecule is Cc1ccc(S(=O)(=O)[O-])cc1.Cc1ccc([I+]c2ccc(CC(C)C)cc2)cc1. The molecule has 0 aromatic heterocycles. The minimum Gasteiger partial charge on any atom is -0.744 e. The maximum atomic E-state index is 10.4. The van der Waals surface area contributed by atoms with Crippen LogP contribution in [0.4, 0.5) is 0 Å². The van der Waals surface area contributed by atoms with Crippen LogP contribution in [0.15, 0.2) is 77.7 Å². The molecular weight excluding hydrogens is 495 g/mol. The van der Waals surface area contributed by atoms with Crippen molar-refractivity contribution >= 4 is 10.1 Å². The lowest BCUT2D eigenvalue weighted by molar-refractivity contribution is -0.597.